The Morgan fingerprint density at radius 1 is 1.47 bits per heavy atom. The van der Waals surface area contributed by atoms with E-state index in [1.807, 2.05) is 18.3 Å². The summed E-state index contributed by atoms with van der Waals surface area (Å²) in [6.07, 6.45) is 2.30. The van der Waals surface area contributed by atoms with Crippen molar-refractivity contribution in [3.63, 3.8) is 0 Å². The summed E-state index contributed by atoms with van der Waals surface area (Å²) < 4.78 is 0. The van der Waals surface area contributed by atoms with Gasteiger partial charge in [-0.1, -0.05) is 13.0 Å². The maximum atomic E-state index is 9.18. The minimum Gasteiger partial charge on any atom is -0.394 e. The SMILES string of the molecule is CCCNc1ccc(CSCC(O)CO)cn1. The number of aliphatic hydroxyl groups excluding tert-OH is 2. The van der Waals surface area contributed by atoms with Gasteiger partial charge in [0.1, 0.15) is 5.82 Å². The molecule has 17 heavy (non-hydrogen) atoms. The van der Waals surface area contributed by atoms with E-state index in [2.05, 4.69) is 17.2 Å². The van der Waals surface area contributed by atoms with E-state index in [0.717, 1.165) is 30.1 Å². The largest absolute Gasteiger partial charge is 0.394 e. The van der Waals surface area contributed by atoms with Crippen molar-refractivity contribution >= 4 is 17.6 Å². The number of nitrogens with one attached hydrogen (secondary N) is 1. The van der Waals surface area contributed by atoms with Gasteiger partial charge in [0.05, 0.1) is 12.7 Å². The molecule has 0 aliphatic rings. The molecular formula is C12H20N2O2S. The molecule has 1 atom stereocenters. The fourth-order valence-electron chi connectivity index (χ4n) is 1.23. The lowest BCUT2D eigenvalue weighted by molar-refractivity contribution is 0.113. The van der Waals surface area contributed by atoms with Crippen LogP contribution in [-0.2, 0) is 5.75 Å². The van der Waals surface area contributed by atoms with E-state index in [-0.39, 0.29) is 6.61 Å². The van der Waals surface area contributed by atoms with Gasteiger partial charge in [0.25, 0.3) is 0 Å². The van der Waals surface area contributed by atoms with Gasteiger partial charge in [-0.15, -0.1) is 0 Å². The molecule has 4 nitrogen and oxygen atoms in total. The smallest absolute Gasteiger partial charge is 0.125 e. The highest BCUT2D eigenvalue weighted by atomic mass is 32.2. The van der Waals surface area contributed by atoms with Gasteiger partial charge in [-0.05, 0) is 18.1 Å². The minimum atomic E-state index is -0.626. The maximum absolute atomic E-state index is 9.18. The Morgan fingerprint density at radius 2 is 2.29 bits per heavy atom. The Kier molecular flexibility index (Phi) is 7.00. The number of hydrogen-bond acceptors (Lipinski definition) is 5. The molecule has 1 heterocycles. The van der Waals surface area contributed by atoms with E-state index < -0.39 is 6.10 Å². The van der Waals surface area contributed by atoms with Gasteiger partial charge in [0, 0.05) is 24.2 Å². The van der Waals surface area contributed by atoms with Crippen molar-refractivity contribution in [2.75, 3.05) is 24.2 Å². The third kappa shape index (κ3) is 5.91. The second kappa shape index (κ2) is 8.33. The van der Waals surface area contributed by atoms with E-state index in [1.54, 1.807) is 11.8 Å². The number of nitrogens with zero attached hydrogens (tertiary/aromatic N) is 1. The fraction of sp³-hybridized carbons (Fsp3) is 0.583. The molecule has 0 aliphatic heterocycles. The van der Waals surface area contributed by atoms with Crippen molar-refractivity contribution in [1.29, 1.82) is 0 Å². The van der Waals surface area contributed by atoms with Crippen LogP contribution in [0.3, 0.4) is 0 Å². The van der Waals surface area contributed by atoms with Crippen LogP contribution in [0, 0.1) is 0 Å². The first-order chi connectivity index (χ1) is 8.26. The van der Waals surface area contributed by atoms with Crippen molar-refractivity contribution in [2.45, 2.75) is 25.2 Å². The zero-order valence-corrected chi connectivity index (χ0v) is 10.9. The van der Waals surface area contributed by atoms with E-state index >= 15 is 0 Å². The molecule has 0 amide bonds. The summed E-state index contributed by atoms with van der Waals surface area (Å²) in [5.41, 5.74) is 1.13. The molecule has 1 aromatic heterocycles. The number of hydrogen-bond donors (Lipinski definition) is 3. The van der Waals surface area contributed by atoms with Gasteiger partial charge >= 0.3 is 0 Å². The second-order valence-electron chi connectivity index (χ2n) is 3.83. The first kappa shape index (κ1) is 14.3. The molecule has 1 rings (SSSR count). The van der Waals surface area contributed by atoms with Gasteiger partial charge in [-0.2, -0.15) is 11.8 Å². The summed E-state index contributed by atoms with van der Waals surface area (Å²) in [7, 11) is 0. The molecule has 3 N–H and O–H groups in total. The molecule has 0 saturated carbocycles. The quantitative estimate of drug-likeness (QED) is 0.657. The van der Waals surface area contributed by atoms with Gasteiger partial charge < -0.3 is 15.5 Å². The van der Waals surface area contributed by atoms with Crippen molar-refractivity contribution in [1.82, 2.24) is 4.98 Å². The van der Waals surface area contributed by atoms with Gasteiger partial charge in [-0.3, -0.25) is 0 Å². The molecule has 1 unspecified atom stereocenters. The van der Waals surface area contributed by atoms with Crippen molar-refractivity contribution in [2.24, 2.45) is 0 Å². The first-order valence-corrected chi connectivity index (χ1v) is 6.97. The first-order valence-electron chi connectivity index (χ1n) is 5.81. The standard InChI is InChI=1S/C12H20N2O2S/c1-2-5-13-12-4-3-10(6-14-12)8-17-9-11(16)7-15/h3-4,6,11,15-16H,2,5,7-9H2,1H3,(H,13,14). The van der Waals surface area contributed by atoms with Crippen LogP contribution >= 0.6 is 11.8 Å². The summed E-state index contributed by atoms with van der Waals surface area (Å²) in [5, 5.41) is 21.1. The number of thioether (sulfide) groups is 1. The summed E-state index contributed by atoms with van der Waals surface area (Å²) in [6.45, 7) is 2.87. The van der Waals surface area contributed by atoms with Crippen LogP contribution in [0.25, 0.3) is 0 Å². The average molecular weight is 256 g/mol. The molecule has 0 radical (unpaired) electrons. The summed E-state index contributed by atoms with van der Waals surface area (Å²) in [5.74, 6) is 2.25. The van der Waals surface area contributed by atoms with Crippen LogP contribution < -0.4 is 5.32 Å². The lowest BCUT2D eigenvalue weighted by Crippen LogP contribution is -2.14. The Bertz CT molecular complexity index is 306. The average Bonchev–Trinajstić information content (AvgIpc) is 2.37. The summed E-state index contributed by atoms with van der Waals surface area (Å²) in [6, 6.07) is 4.00. The normalized spacial score (nSPS) is 12.4. The molecule has 96 valence electrons. The number of aromatic nitrogens is 1. The van der Waals surface area contributed by atoms with Crippen molar-refractivity contribution in [3.8, 4) is 0 Å². The number of anilines is 1. The van der Waals surface area contributed by atoms with Crippen LogP contribution in [0.5, 0.6) is 0 Å². The lowest BCUT2D eigenvalue weighted by atomic mass is 10.3. The Balaban J connectivity index is 2.30. The molecule has 5 heteroatoms. The number of aliphatic hydroxyl groups is 2. The molecule has 0 bridgehead atoms. The van der Waals surface area contributed by atoms with Crippen molar-refractivity contribution in [3.05, 3.63) is 23.9 Å². The maximum Gasteiger partial charge on any atom is 0.125 e. The highest BCUT2D eigenvalue weighted by molar-refractivity contribution is 7.98. The van der Waals surface area contributed by atoms with Crippen LogP contribution in [0.1, 0.15) is 18.9 Å². The van der Waals surface area contributed by atoms with Gasteiger partial charge in [-0.25, -0.2) is 4.98 Å². The van der Waals surface area contributed by atoms with Crippen LogP contribution in [-0.4, -0.2) is 40.2 Å². The fourth-order valence-corrected chi connectivity index (χ4v) is 2.13. The zero-order valence-electron chi connectivity index (χ0n) is 10.1. The van der Waals surface area contributed by atoms with E-state index in [9.17, 15) is 5.11 Å². The van der Waals surface area contributed by atoms with Crippen molar-refractivity contribution < 1.29 is 10.2 Å². The molecule has 0 aliphatic carbocycles. The minimum absolute atomic E-state index is 0.175. The molecule has 0 saturated heterocycles. The monoisotopic (exact) mass is 256 g/mol. The lowest BCUT2D eigenvalue weighted by Gasteiger charge is -2.07. The Labute approximate surface area is 106 Å². The predicted molar refractivity (Wildman–Crippen MR) is 72.3 cm³/mol. The molecular weight excluding hydrogens is 236 g/mol. The Morgan fingerprint density at radius 3 is 2.88 bits per heavy atom. The third-order valence-electron chi connectivity index (χ3n) is 2.17. The van der Waals surface area contributed by atoms with Crippen LogP contribution in [0.2, 0.25) is 0 Å². The van der Waals surface area contributed by atoms with E-state index in [0.29, 0.717) is 5.75 Å². The number of rotatable bonds is 8. The predicted octanol–water partition coefficient (Wildman–Crippen LogP) is 1.49. The third-order valence-corrected chi connectivity index (χ3v) is 3.33. The topological polar surface area (TPSA) is 65.4 Å². The molecule has 0 aromatic carbocycles. The van der Waals surface area contributed by atoms with Gasteiger partial charge in [0.15, 0.2) is 0 Å². The highest BCUT2D eigenvalue weighted by Crippen LogP contribution is 2.14. The second-order valence-corrected chi connectivity index (χ2v) is 4.86. The summed E-state index contributed by atoms with van der Waals surface area (Å²) in [4.78, 5) is 4.30. The van der Waals surface area contributed by atoms with Crippen LogP contribution in [0.4, 0.5) is 5.82 Å². The molecule has 0 spiro atoms. The highest BCUT2D eigenvalue weighted by Gasteiger charge is 2.02. The Hall–Kier alpha value is -0.780. The van der Waals surface area contributed by atoms with E-state index in [1.165, 1.54) is 0 Å². The number of pyridine rings is 1. The van der Waals surface area contributed by atoms with E-state index in [4.69, 9.17) is 5.11 Å². The van der Waals surface area contributed by atoms with Gasteiger partial charge in [0.2, 0.25) is 0 Å². The zero-order chi connectivity index (χ0) is 12.5. The molecule has 1 aromatic rings. The van der Waals surface area contributed by atoms with Crippen LogP contribution in [0.15, 0.2) is 18.3 Å². The molecule has 0 fully saturated rings. The summed E-state index contributed by atoms with van der Waals surface area (Å²) >= 11 is 1.59.